The second-order valence-electron chi connectivity index (χ2n) is 27.3. The summed E-state index contributed by atoms with van der Waals surface area (Å²) in [5, 5.41) is 40.4. The van der Waals surface area contributed by atoms with Crippen LogP contribution >= 0.6 is 102 Å². The zero-order chi connectivity index (χ0) is 82.3. The van der Waals surface area contributed by atoms with Gasteiger partial charge in [-0.05, 0) is 160 Å². The Balaban J connectivity index is 0.000000131. The molecule has 2 heterocycles. The molecule has 18 aromatic carbocycles. The smallest absolute Gasteiger partial charge is 0.423 e. The van der Waals surface area contributed by atoms with E-state index in [-0.39, 0.29) is 27.8 Å². The Hall–Kier alpha value is -9.79. The second kappa shape index (κ2) is 48.3. The molecule has 2 N–H and O–H groups in total. The number of fused-ring (bicyclic) bond motifs is 6. The van der Waals surface area contributed by atoms with Crippen molar-refractivity contribution in [2.45, 2.75) is 7.43 Å². The quantitative estimate of drug-likeness (QED) is 0.0841. The second-order valence-corrected chi connectivity index (χ2v) is 41.0. The number of hydrogen-bond acceptors (Lipinski definition) is 4. The normalized spacial score (nSPS) is 10.5. The zero-order valence-electron chi connectivity index (χ0n) is 65.9. The first-order valence-electron chi connectivity index (χ1n) is 39.3. The number of benzene rings is 18. The molecule has 0 unspecified atom stereocenters. The molecule has 2 aromatic heterocycles. The van der Waals surface area contributed by atoms with Gasteiger partial charge in [0.2, 0.25) is 0 Å². The van der Waals surface area contributed by atoms with Crippen molar-refractivity contribution in [1.29, 1.82) is 0 Å². The van der Waals surface area contributed by atoms with Crippen molar-refractivity contribution in [2.24, 2.45) is 0 Å². The Morgan fingerprint density at radius 1 is 0.205 bits per heavy atom. The number of hydrogen-bond donors (Lipinski definition) is 2. The Kier molecular flexibility index (Phi) is 36.2. The van der Waals surface area contributed by atoms with Crippen LogP contribution in [0, 0.1) is 0 Å². The van der Waals surface area contributed by atoms with Crippen molar-refractivity contribution < 1.29 is 30.5 Å². The summed E-state index contributed by atoms with van der Waals surface area (Å²) in [6.07, 6.45) is 0. The minimum atomic E-state index is -1.41. The summed E-state index contributed by atoms with van der Waals surface area (Å²) < 4.78 is 8.17. The summed E-state index contributed by atoms with van der Waals surface area (Å²) in [5.74, 6) is 0. The summed E-state index contributed by atoms with van der Waals surface area (Å²) in [6, 6.07) is 175. The molecule has 0 saturated heterocycles. The minimum Gasteiger partial charge on any atom is -0.423 e. The number of halogens is 3. The summed E-state index contributed by atoms with van der Waals surface area (Å²) in [6.45, 7) is 0. The first kappa shape index (κ1) is 91.4. The van der Waals surface area contributed by atoms with Gasteiger partial charge in [0.05, 0.1) is 0 Å². The van der Waals surface area contributed by atoms with Crippen molar-refractivity contribution in [3.8, 4) is 11.1 Å². The monoisotopic (exact) mass is 1970 g/mol. The van der Waals surface area contributed by atoms with E-state index < -0.39 is 38.8 Å². The molecule has 0 fully saturated rings. The van der Waals surface area contributed by atoms with Gasteiger partial charge in [0.1, 0.15) is 0 Å². The van der Waals surface area contributed by atoms with E-state index in [1.165, 1.54) is 105 Å². The molecule has 0 aliphatic rings. The van der Waals surface area contributed by atoms with Crippen LogP contribution in [-0.4, -0.2) is 17.2 Å². The molecule has 20 rings (SSSR count). The van der Waals surface area contributed by atoms with Gasteiger partial charge in [-0.25, -0.2) is 0 Å². The minimum absolute atomic E-state index is 0. The summed E-state index contributed by atoms with van der Waals surface area (Å²) >= 11 is 13.7. The van der Waals surface area contributed by atoms with Crippen LogP contribution < -0.4 is 69.1 Å². The average molecular weight is 1970 g/mol. The standard InChI is InChI=1S/C18H11BrS.4C18H15P.C12H9BO2S.C6H4Br2.CH4.Pd/c19-13-6-3-5-12(11-13)14-8-4-9-16-15-7-1-2-10-17(15)20-18(14)16;4*1-4-10-16(11-5-1)19(17-12-6-2-7-13-17)18-14-8-3-9-15-18;14-13(15)10-6-3-5-9-8-4-1-2-7-11(8)16-12(9)10;7-5-2-1-3-6(8)4-5;;/h1-11H;4*1-15H;1-7,14-15H;1-4H;1H4;. The Bertz CT molecular complexity index is 5570. The summed E-state index contributed by atoms with van der Waals surface area (Å²) in [7, 11) is -3.19. The molecule has 122 heavy (non-hydrogen) atoms. The first-order chi connectivity index (χ1) is 59.2. The maximum atomic E-state index is 9.31. The van der Waals surface area contributed by atoms with Crippen molar-refractivity contribution >= 4 is 219 Å². The molecular formula is C109H88BBr3O2P4PdS2. The van der Waals surface area contributed by atoms with E-state index >= 15 is 0 Å². The SMILES string of the molecule is Brc1cccc(-c2cccc3c2sc2ccccc23)c1.Brc1cccc(Br)c1.C.OB(O)c1cccc2c1sc1ccccc12.[Pd].c1ccc(P(c2ccccc2)c2ccccc2)cc1.c1ccc(P(c2ccccc2)c2ccccc2)cc1.c1ccc(P(c2ccccc2)c2ccccc2)cc1.c1ccc(P(c2ccccc2)c2ccccc2)cc1. The van der Waals surface area contributed by atoms with Gasteiger partial charge in [-0.1, -0.05) is 510 Å². The topological polar surface area (TPSA) is 40.5 Å². The molecule has 0 spiro atoms. The summed E-state index contributed by atoms with van der Waals surface area (Å²) in [4.78, 5) is 0. The van der Waals surface area contributed by atoms with Gasteiger partial charge < -0.3 is 10.0 Å². The molecule has 0 radical (unpaired) electrons. The van der Waals surface area contributed by atoms with Crippen LogP contribution in [0.4, 0.5) is 0 Å². The maximum absolute atomic E-state index is 9.31. The first-order valence-corrected chi connectivity index (χ1v) is 48.7. The third-order valence-electron chi connectivity index (χ3n) is 19.2. The number of rotatable bonds is 14. The van der Waals surface area contributed by atoms with Gasteiger partial charge in [-0.3, -0.25) is 0 Å². The van der Waals surface area contributed by atoms with E-state index in [2.05, 4.69) is 485 Å². The molecule has 0 aliphatic heterocycles. The molecule has 0 aliphatic carbocycles. The Morgan fingerprint density at radius 2 is 0.410 bits per heavy atom. The molecule has 0 amide bonds. The van der Waals surface area contributed by atoms with Crippen LogP contribution in [0.3, 0.4) is 0 Å². The third kappa shape index (κ3) is 25.2. The van der Waals surface area contributed by atoms with Gasteiger partial charge in [-0.15, -0.1) is 22.7 Å². The van der Waals surface area contributed by atoms with Crippen LogP contribution in [0.1, 0.15) is 7.43 Å². The summed E-state index contributed by atoms with van der Waals surface area (Å²) in [5.41, 5.74) is 3.15. The fraction of sp³-hybridized carbons (Fsp3) is 0.00917. The molecule has 0 atom stereocenters. The van der Waals surface area contributed by atoms with Gasteiger partial charge in [0.15, 0.2) is 0 Å². The van der Waals surface area contributed by atoms with Crippen LogP contribution in [0.15, 0.2) is 511 Å². The van der Waals surface area contributed by atoms with Crippen molar-refractivity contribution in [1.82, 2.24) is 0 Å². The molecule has 13 heteroatoms. The van der Waals surface area contributed by atoms with E-state index in [1.54, 1.807) is 17.4 Å². The van der Waals surface area contributed by atoms with Crippen LogP contribution in [0.5, 0.6) is 0 Å². The van der Waals surface area contributed by atoms with Crippen molar-refractivity contribution in [2.75, 3.05) is 0 Å². The van der Waals surface area contributed by atoms with Crippen LogP contribution in [-0.2, 0) is 20.4 Å². The molecule has 0 bridgehead atoms. The zero-order valence-corrected chi connectivity index (χ0v) is 77.4. The van der Waals surface area contributed by atoms with E-state index in [4.69, 9.17) is 0 Å². The predicted molar refractivity (Wildman–Crippen MR) is 551 cm³/mol. The molecular weight excluding hydrogens is 1890 g/mol. The van der Waals surface area contributed by atoms with E-state index in [9.17, 15) is 10.0 Å². The number of thiophene rings is 2. The molecule has 602 valence electrons. The molecule has 20 aromatic rings. The average Bonchev–Trinajstić information content (AvgIpc) is 1.63. The van der Waals surface area contributed by atoms with E-state index in [1.807, 2.05) is 65.9 Å². The van der Waals surface area contributed by atoms with Gasteiger partial charge >= 0.3 is 7.12 Å². The predicted octanol–water partition coefficient (Wildman–Crippen LogP) is 25.8. The molecule has 2 nitrogen and oxygen atoms in total. The van der Waals surface area contributed by atoms with Crippen molar-refractivity contribution in [3.05, 3.63) is 511 Å². The van der Waals surface area contributed by atoms with E-state index in [0.29, 0.717) is 5.46 Å². The largest absolute Gasteiger partial charge is 0.489 e. The fourth-order valence-electron chi connectivity index (χ4n) is 13.8. The van der Waals surface area contributed by atoms with Gasteiger partial charge in [0, 0.05) is 68.8 Å². The Morgan fingerprint density at radius 3 is 0.656 bits per heavy atom. The third-order valence-corrected chi connectivity index (χ3v) is 32.9. The Labute approximate surface area is 771 Å². The fourth-order valence-corrected chi connectivity index (χ4v) is 27.0. The van der Waals surface area contributed by atoms with Crippen molar-refractivity contribution in [3.63, 3.8) is 0 Å². The maximum Gasteiger partial charge on any atom is 0.489 e. The van der Waals surface area contributed by atoms with Gasteiger partial charge in [-0.2, -0.15) is 0 Å². The van der Waals surface area contributed by atoms with E-state index in [0.717, 1.165) is 23.5 Å². The van der Waals surface area contributed by atoms with Crippen LogP contribution in [0.2, 0.25) is 0 Å². The molecule has 0 saturated carbocycles. The van der Waals surface area contributed by atoms with Crippen LogP contribution in [0.25, 0.3) is 51.5 Å². The van der Waals surface area contributed by atoms with Gasteiger partial charge in [0.25, 0.3) is 0 Å².